The van der Waals surface area contributed by atoms with E-state index in [0.717, 1.165) is 89.3 Å². The molecular weight excluding hydrogens is 755 g/mol. The fourth-order valence-electron chi connectivity index (χ4n) is 8.30. The van der Waals surface area contributed by atoms with E-state index in [1.807, 2.05) is 66.7 Å². The zero-order valence-corrected chi connectivity index (χ0v) is 33.6. The first-order valence-corrected chi connectivity index (χ1v) is 20.5. The van der Waals surface area contributed by atoms with Crippen LogP contribution < -0.4 is 4.90 Å². The second-order valence-corrected chi connectivity index (χ2v) is 15.0. The minimum absolute atomic E-state index is 0.600. The van der Waals surface area contributed by atoms with Crippen molar-refractivity contribution in [3.8, 4) is 51.5 Å². The number of nitrogens with zero attached hydrogens (tertiary/aromatic N) is 5. The van der Waals surface area contributed by atoms with E-state index in [-0.39, 0.29) is 0 Å². The third-order valence-corrected chi connectivity index (χ3v) is 11.3. The van der Waals surface area contributed by atoms with Gasteiger partial charge in [0.15, 0.2) is 0 Å². The molecule has 0 bridgehead atoms. The molecule has 5 nitrogen and oxygen atoms in total. The second kappa shape index (κ2) is 16.5. The van der Waals surface area contributed by atoms with E-state index < -0.39 is 0 Å². The fourth-order valence-corrected chi connectivity index (χ4v) is 8.30. The molecule has 0 aliphatic rings. The maximum Gasteiger partial charge on any atom is 0.145 e. The first-order valence-electron chi connectivity index (χ1n) is 20.5. The van der Waals surface area contributed by atoms with Gasteiger partial charge in [-0.15, -0.1) is 0 Å². The van der Waals surface area contributed by atoms with Crippen LogP contribution in [0.3, 0.4) is 0 Å². The average Bonchev–Trinajstić information content (AvgIpc) is 3.74. The third kappa shape index (κ3) is 7.07. The molecule has 0 atom stereocenters. The highest BCUT2D eigenvalue weighted by atomic mass is 15.1. The number of rotatable bonds is 9. The fraction of sp³-hybridized carbons (Fsp3) is 0. The molecule has 62 heavy (non-hydrogen) atoms. The molecule has 5 heteroatoms. The number of para-hydroxylation sites is 3. The van der Waals surface area contributed by atoms with Crippen LogP contribution in [0.15, 0.2) is 212 Å². The average molecular weight is 792 g/mol. The Hall–Kier alpha value is -8.77. The Morgan fingerprint density at radius 1 is 0.419 bits per heavy atom. The van der Waals surface area contributed by atoms with Gasteiger partial charge in [-0.1, -0.05) is 152 Å². The first-order chi connectivity index (χ1) is 30.7. The molecule has 0 saturated heterocycles. The minimum Gasteiger partial charge on any atom is -0.311 e. The van der Waals surface area contributed by atoms with Crippen LogP contribution in [0.2, 0.25) is 0 Å². The second-order valence-electron chi connectivity index (χ2n) is 15.0. The zero-order chi connectivity index (χ0) is 41.8. The summed E-state index contributed by atoms with van der Waals surface area (Å²) in [6, 6.07) is 77.0. The van der Waals surface area contributed by atoms with E-state index >= 15 is 0 Å². The number of anilines is 3. The quantitative estimate of drug-likeness (QED) is 0.137. The van der Waals surface area contributed by atoms with Crippen LogP contribution in [-0.2, 0) is 0 Å². The lowest BCUT2D eigenvalue weighted by Gasteiger charge is -2.25. The highest BCUT2D eigenvalue weighted by Crippen LogP contribution is 2.46. The molecule has 9 aromatic carbocycles. The van der Waals surface area contributed by atoms with E-state index in [1.165, 1.54) is 0 Å². The van der Waals surface area contributed by atoms with Crippen LogP contribution in [0.25, 0.3) is 73.3 Å². The number of hydrogen-bond acceptors (Lipinski definition) is 4. The summed E-state index contributed by atoms with van der Waals surface area (Å²) in [6.45, 7) is 0. The Balaban J connectivity index is 1.09. The predicted molar refractivity (Wildman–Crippen MR) is 254 cm³/mol. The number of hydrogen-bond donors (Lipinski definition) is 0. The molecule has 10 aromatic rings. The van der Waals surface area contributed by atoms with Crippen LogP contribution in [0.5, 0.6) is 0 Å². The van der Waals surface area contributed by atoms with Crippen LogP contribution in [0.4, 0.5) is 17.1 Å². The van der Waals surface area contributed by atoms with Gasteiger partial charge in [-0.2, -0.15) is 10.5 Å². The largest absolute Gasteiger partial charge is 0.311 e. The van der Waals surface area contributed by atoms with E-state index in [2.05, 4.69) is 179 Å². The van der Waals surface area contributed by atoms with Crippen LogP contribution in [-0.4, -0.2) is 9.55 Å². The molecule has 1 aromatic heterocycles. The maximum atomic E-state index is 9.69. The van der Waals surface area contributed by atoms with Crippen LogP contribution >= 0.6 is 0 Å². The summed E-state index contributed by atoms with van der Waals surface area (Å²) >= 11 is 0. The van der Waals surface area contributed by atoms with E-state index in [1.54, 1.807) is 0 Å². The topological polar surface area (TPSA) is 68.6 Å². The normalized spacial score (nSPS) is 11.1. The van der Waals surface area contributed by atoms with Crippen molar-refractivity contribution in [2.45, 2.75) is 0 Å². The number of benzene rings is 9. The molecule has 0 aliphatic heterocycles. The number of fused-ring (bicyclic) bond motifs is 2. The Kier molecular flexibility index (Phi) is 9.96. The molecule has 0 saturated carbocycles. The molecule has 0 unspecified atom stereocenters. The van der Waals surface area contributed by atoms with Gasteiger partial charge in [0.1, 0.15) is 5.82 Å². The lowest BCUT2D eigenvalue weighted by atomic mass is 9.89. The van der Waals surface area contributed by atoms with E-state index in [4.69, 9.17) is 4.98 Å². The molecule has 1 heterocycles. The van der Waals surface area contributed by atoms with Crippen molar-refractivity contribution in [3.05, 3.63) is 235 Å². The molecule has 0 spiro atoms. The smallest absolute Gasteiger partial charge is 0.145 e. The molecular formula is C57H37N5. The third-order valence-electron chi connectivity index (χ3n) is 11.3. The van der Waals surface area contributed by atoms with Gasteiger partial charge < -0.3 is 4.90 Å². The molecule has 0 radical (unpaired) electrons. The monoisotopic (exact) mass is 791 g/mol. The highest BCUT2D eigenvalue weighted by molar-refractivity contribution is 6.20. The van der Waals surface area contributed by atoms with Gasteiger partial charge in [0.2, 0.25) is 0 Å². The van der Waals surface area contributed by atoms with Gasteiger partial charge in [0.25, 0.3) is 0 Å². The van der Waals surface area contributed by atoms with Crippen molar-refractivity contribution >= 4 is 51.0 Å². The maximum absolute atomic E-state index is 9.69. The summed E-state index contributed by atoms with van der Waals surface area (Å²) in [5, 5.41) is 21.5. The summed E-state index contributed by atoms with van der Waals surface area (Å²) in [5.74, 6) is 0.804. The summed E-state index contributed by atoms with van der Waals surface area (Å²) in [7, 11) is 0. The van der Waals surface area contributed by atoms with E-state index in [0.29, 0.717) is 11.1 Å². The van der Waals surface area contributed by atoms with Crippen molar-refractivity contribution in [1.29, 1.82) is 10.5 Å². The van der Waals surface area contributed by atoms with Crippen molar-refractivity contribution in [2.24, 2.45) is 0 Å². The Bertz CT molecular complexity index is 3260. The molecule has 10 rings (SSSR count). The summed E-state index contributed by atoms with van der Waals surface area (Å²) in [6.07, 6.45) is 4.29. The van der Waals surface area contributed by atoms with Crippen molar-refractivity contribution in [1.82, 2.24) is 9.55 Å². The van der Waals surface area contributed by atoms with Crippen LogP contribution in [0, 0.1) is 22.7 Å². The van der Waals surface area contributed by atoms with Gasteiger partial charge in [0, 0.05) is 39.4 Å². The summed E-state index contributed by atoms with van der Waals surface area (Å²) < 4.78 is 2.27. The van der Waals surface area contributed by atoms with Gasteiger partial charge in [-0.3, -0.25) is 4.57 Å². The summed E-state index contributed by atoms with van der Waals surface area (Å²) in [5.41, 5.74) is 14.4. The van der Waals surface area contributed by atoms with Crippen LogP contribution in [0.1, 0.15) is 22.3 Å². The SMILES string of the molecule is N#Cc1ccc(-c2c3ccccc3c(-c3ccc(C#N)cc3)c3c2nc(-c2ccc(C=Cc4ccc(N(c5ccccc5)c5ccccc5)cc4)cc2)n3-c2ccccc2)cc1. The molecule has 0 amide bonds. The van der Waals surface area contributed by atoms with Gasteiger partial charge in [0.05, 0.1) is 34.3 Å². The standard InChI is InChI=1S/C57H37N5/c58-38-42-24-30-44(31-25-42)53-51-18-10-11-19-52(51)54(45-32-26-43(39-59)27-33-45)56-55(53)60-57(62(56)49-16-8-3-9-17-49)46-34-22-40(23-35-46)20-21-41-28-36-50(37-29-41)61(47-12-4-1-5-13-47)48-14-6-2-7-15-48/h1-37H. The van der Waals surface area contributed by atoms with Gasteiger partial charge >= 0.3 is 0 Å². The number of aromatic nitrogens is 2. The first kappa shape index (κ1) is 37.5. The Labute approximate surface area is 360 Å². The van der Waals surface area contributed by atoms with Gasteiger partial charge in [-0.25, -0.2) is 4.98 Å². The van der Waals surface area contributed by atoms with Gasteiger partial charge in [-0.05, 0) is 106 Å². The lowest BCUT2D eigenvalue weighted by Crippen LogP contribution is -2.09. The lowest BCUT2D eigenvalue weighted by molar-refractivity contribution is 1.10. The summed E-state index contributed by atoms with van der Waals surface area (Å²) in [4.78, 5) is 7.82. The molecule has 0 aliphatic carbocycles. The molecule has 0 fully saturated rings. The van der Waals surface area contributed by atoms with E-state index in [9.17, 15) is 10.5 Å². The number of imidazole rings is 1. The van der Waals surface area contributed by atoms with Crippen molar-refractivity contribution < 1.29 is 0 Å². The van der Waals surface area contributed by atoms with Crippen molar-refractivity contribution in [2.75, 3.05) is 4.90 Å². The van der Waals surface area contributed by atoms with Crippen molar-refractivity contribution in [3.63, 3.8) is 0 Å². The Morgan fingerprint density at radius 3 is 1.35 bits per heavy atom. The minimum atomic E-state index is 0.600. The molecule has 0 N–H and O–H groups in total. The zero-order valence-electron chi connectivity index (χ0n) is 33.6. The predicted octanol–water partition coefficient (Wildman–Crippen LogP) is 14.6. The highest BCUT2D eigenvalue weighted by Gasteiger charge is 2.25. The molecule has 290 valence electrons. The number of nitriles is 2. The Morgan fingerprint density at radius 2 is 0.839 bits per heavy atom.